The molecule has 0 bridgehead atoms. The monoisotopic (exact) mass is 435 g/mol. The number of rotatable bonds is 5. The average Bonchev–Trinajstić information content (AvgIpc) is 2.80. The normalized spacial score (nSPS) is 17.4. The fraction of sp³-hybridized carbons (Fsp3) is 0.733. The number of guanidine groups is 1. The highest BCUT2D eigenvalue weighted by Gasteiger charge is 2.11. The van der Waals surface area contributed by atoms with Gasteiger partial charge in [0.15, 0.2) is 5.96 Å². The van der Waals surface area contributed by atoms with Gasteiger partial charge in [-0.15, -0.1) is 24.0 Å². The lowest BCUT2D eigenvalue weighted by molar-refractivity contribution is 0.280. The lowest BCUT2D eigenvalue weighted by Crippen LogP contribution is -2.42. The molecular weight excluding hydrogens is 405 g/mol. The van der Waals surface area contributed by atoms with Gasteiger partial charge in [0, 0.05) is 46.5 Å². The Kier molecular flexibility index (Phi) is 9.49. The topological polar surface area (TPSA) is 60.7 Å². The van der Waals surface area contributed by atoms with Gasteiger partial charge in [0.1, 0.15) is 0 Å². The summed E-state index contributed by atoms with van der Waals surface area (Å²) in [4.78, 5) is 9.19. The second-order valence-electron chi connectivity index (χ2n) is 5.80. The number of aryl methyl sites for hydroxylation is 1. The second-order valence-corrected chi connectivity index (χ2v) is 5.80. The number of nitrogens with one attached hydrogen (secondary N) is 2. The molecule has 1 aliphatic heterocycles. The van der Waals surface area contributed by atoms with Crippen LogP contribution in [0.4, 0.5) is 0 Å². The third kappa shape index (κ3) is 7.05. The molecule has 0 spiro atoms. The molecule has 0 atom stereocenters. The molecule has 0 aromatic carbocycles. The molecule has 1 aromatic rings. The van der Waals surface area contributed by atoms with Crippen molar-refractivity contribution in [2.45, 2.75) is 13.0 Å². The van der Waals surface area contributed by atoms with Crippen molar-refractivity contribution < 1.29 is 0 Å². The van der Waals surface area contributed by atoms with Gasteiger partial charge in [-0.25, -0.2) is 0 Å². The maximum atomic E-state index is 4.27. The Labute approximate surface area is 156 Å². The van der Waals surface area contributed by atoms with Crippen molar-refractivity contribution in [3.8, 4) is 0 Å². The largest absolute Gasteiger partial charge is 0.355 e. The molecule has 8 heteroatoms. The first-order valence-electron chi connectivity index (χ1n) is 8.01. The number of aliphatic imine (C=N–C) groups is 1. The molecule has 1 aliphatic rings. The van der Waals surface area contributed by atoms with Crippen molar-refractivity contribution in [2.75, 3.05) is 53.4 Å². The summed E-state index contributed by atoms with van der Waals surface area (Å²) in [5, 5.41) is 10.9. The zero-order valence-electron chi connectivity index (χ0n) is 14.5. The molecule has 7 nitrogen and oxygen atoms in total. The van der Waals surface area contributed by atoms with Gasteiger partial charge in [-0.2, -0.15) is 5.10 Å². The van der Waals surface area contributed by atoms with Crippen LogP contribution in [0.3, 0.4) is 0 Å². The van der Waals surface area contributed by atoms with Crippen LogP contribution in [0.1, 0.15) is 12.1 Å². The Morgan fingerprint density at radius 1 is 1.22 bits per heavy atom. The number of halogens is 1. The smallest absolute Gasteiger partial charge is 0.191 e. The second kappa shape index (κ2) is 10.8. The molecule has 0 saturated carbocycles. The predicted molar refractivity (Wildman–Crippen MR) is 105 cm³/mol. The highest BCUT2D eigenvalue weighted by Crippen LogP contribution is 2.00. The highest BCUT2D eigenvalue weighted by atomic mass is 127. The molecule has 1 aromatic heterocycles. The third-order valence-electron chi connectivity index (χ3n) is 4.12. The van der Waals surface area contributed by atoms with Crippen molar-refractivity contribution >= 4 is 29.9 Å². The van der Waals surface area contributed by atoms with Gasteiger partial charge >= 0.3 is 0 Å². The molecule has 2 rings (SSSR count). The number of nitrogens with zero attached hydrogens (tertiary/aromatic N) is 5. The van der Waals surface area contributed by atoms with Gasteiger partial charge in [0.05, 0.1) is 12.2 Å². The molecule has 0 aliphatic carbocycles. The fourth-order valence-corrected chi connectivity index (χ4v) is 2.63. The van der Waals surface area contributed by atoms with E-state index in [1.165, 1.54) is 19.5 Å². The molecular formula is C15H30IN7. The summed E-state index contributed by atoms with van der Waals surface area (Å²) in [6, 6.07) is 2.01. The minimum absolute atomic E-state index is 0. The van der Waals surface area contributed by atoms with Gasteiger partial charge in [-0.3, -0.25) is 9.67 Å². The molecule has 1 fully saturated rings. The molecule has 0 amide bonds. The maximum Gasteiger partial charge on any atom is 0.191 e. The van der Waals surface area contributed by atoms with Crippen LogP contribution in [0.25, 0.3) is 0 Å². The van der Waals surface area contributed by atoms with Gasteiger partial charge in [-0.05, 0) is 32.6 Å². The molecule has 1 saturated heterocycles. The number of aromatic nitrogens is 2. The number of hydrogen-bond acceptors (Lipinski definition) is 4. The van der Waals surface area contributed by atoms with E-state index in [0.29, 0.717) is 0 Å². The van der Waals surface area contributed by atoms with Crippen molar-refractivity contribution in [3.63, 3.8) is 0 Å². The quantitative estimate of drug-likeness (QED) is 0.397. The van der Waals surface area contributed by atoms with Crippen molar-refractivity contribution in [1.82, 2.24) is 30.2 Å². The Balaban J connectivity index is 0.00000264. The van der Waals surface area contributed by atoms with E-state index < -0.39 is 0 Å². The van der Waals surface area contributed by atoms with E-state index in [0.717, 1.165) is 44.4 Å². The first-order valence-corrected chi connectivity index (χ1v) is 8.01. The van der Waals surface area contributed by atoms with Crippen molar-refractivity contribution in [1.29, 1.82) is 0 Å². The Bertz CT molecular complexity index is 474. The van der Waals surface area contributed by atoms with Crippen LogP contribution in [0.5, 0.6) is 0 Å². The van der Waals surface area contributed by atoms with Gasteiger partial charge < -0.3 is 20.4 Å². The van der Waals surface area contributed by atoms with E-state index in [-0.39, 0.29) is 24.0 Å². The van der Waals surface area contributed by atoms with E-state index in [1.54, 1.807) is 7.05 Å². The summed E-state index contributed by atoms with van der Waals surface area (Å²) < 4.78 is 1.87. The molecule has 2 N–H and O–H groups in total. The molecule has 132 valence electrons. The van der Waals surface area contributed by atoms with Crippen LogP contribution in [-0.2, 0) is 13.6 Å². The highest BCUT2D eigenvalue weighted by molar-refractivity contribution is 14.0. The molecule has 0 radical (unpaired) electrons. The lowest BCUT2D eigenvalue weighted by atomic mass is 10.4. The summed E-state index contributed by atoms with van der Waals surface area (Å²) in [5.74, 6) is 0.841. The minimum atomic E-state index is 0. The molecule has 0 unspecified atom stereocenters. The Morgan fingerprint density at radius 3 is 2.74 bits per heavy atom. The van der Waals surface area contributed by atoms with E-state index in [4.69, 9.17) is 0 Å². The number of likely N-dealkylation sites (N-methyl/N-ethyl adjacent to an activating group) is 1. The Morgan fingerprint density at radius 2 is 2.04 bits per heavy atom. The van der Waals surface area contributed by atoms with Crippen LogP contribution < -0.4 is 10.6 Å². The van der Waals surface area contributed by atoms with Crippen molar-refractivity contribution in [3.05, 3.63) is 18.0 Å². The SMILES string of the molecule is CN=C(NCCN1CCCN(C)CC1)NCc1ccnn1C.I. The lowest BCUT2D eigenvalue weighted by Gasteiger charge is -2.21. The van der Waals surface area contributed by atoms with Crippen LogP contribution >= 0.6 is 24.0 Å². The predicted octanol–water partition coefficient (Wildman–Crippen LogP) is 0.341. The van der Waals surface area contributed by atoms with E-state index in [2.05, 4.69) is 37.6 Å². The first kappa shape index (κ1) is 20.2. The van der Waals surface area contributed by atoms with E-state index >= 15 is 0 Å². The summed E-state index contributed by atoms with van der Waals surface area (Å²) in [7, 11) is 5.95. The van der Waals surface area contributed by atoms with Crippen LogP contribution in [0, 0.1) is 0 Å². The minimum Gasteiger partial charge on any atom is -0.355 e. The van der Waals surface area contributed by atoms with Crippen LogP contribution in [-0.4, -0.2) is 78.9 Å². The third-order valence-corrected chi connectivity index (χ3v) is 4.12. The van der Waals surface area contributed by atoms with Crippen molar-refractivity contribution in [2.24, 2.45) is 12.0 Å². The average molecular weight is 435 g/mol. The summed E-state index contributed by atoms with van der Waals surface area (Å²) in [6.07, 6.45) is 3.06. The van der Waals surface area contributed by atoms with Crippen LogP contribution in [0.15, 0.2) is 17.3 Å². The zero-order valence-corrected chi connectivity index (χ0v) is 16.8. The van der Waals surface area contributed by atoms with Gasteiger partial charge in [0.25, 0.3) is 0 Å². The zero-order chi connectivity index (χ0) is 15.8. The first-order chi connectivity index (χ1) is 10.7. The standard InChI is InChI=1S/C15H29N7.HI/c1-16-15(18-13-14-5-6-19-21(14)3)17-7-10-22-9-4-8-20(2)11-12-22;/h5-6H,4,7-13H2,1-3H3,(H2,16,17,18);1H. The molecule has 2 heterocycles. The molecule has 23 heavy (non-hydrogen) atoms. The Hall–Kier alpha value is -0.870. The van der Waals surface area contributed by atoms with Gasteiger partial charge in [-0.1, -0.05) is 0 Å². The van der Waals surface area contributed by atoms with E-state index in [1.807, 2.05) is 24.0 Å². The maximum absolute atomic E-state index is 4.27. The van der Waals surface area contributed by atoms with Gasteiger partial charge in [0.2, 0.25) is 0 Å². The van der Waals surface area contributed by atoms with Crippen LogP contribution in [0.2, 0.25) is 0 Å². The summed E-state index contributed by atoms with van der Waals surface area (Å²) in [5.41, 5.74) is 1.14. The summed E-state index contributed by atoms with van der Waals surface area (Å²) in [6.45, 7) is 7.40. The van der Waals surface area contributed by atoms with E-state index in [9.17, 15) is 0 Å². The fourth-order valence-electron chi connectivity index (χ4n) is 2.63. The summed E-state index contributed by atoms with van der Waals surface area (Å²) >= 11 is 0. The number of hydrogen-bond donors (Lipinski definition) is 2.